The molecule has 29 heavy (non-hydrogen) atoms. The SMILES string of the molecule is COC(=O)c1cc(NC(=O)C2CCC3(CC2)NC(=O)NC3=O)cc(C(=O)OC)c1. The minimum Gasteiger partial charge on any atom is -0.465 e. The molecule has 4 amide bonds. The van der Waals surface area contributed by atoms with Crippen molar-refractivity contribution in [3.8, 4) is 0 Å². The summed E-state index contributed by atoms with van der Waals surface area (Å²) < 4.78 is 9.35. The molecule has 0 radical (unpaired) electrons. The van der Waals surface area contributed by atoms with Crippen molar-refractivity contribution in [3.05, 3.63) is 29.3 Å². The van der Waals surface area contributed by atoms with Gasteiger partial charge in [-0.2, -0.15) is 0 Å². The maximum Gasteiger partial charge on any atom is 0.337 e. The molecule has 1 spiro atoms. The molecule has 0 bridgehead atoms. The van der Waals surface area contributed by atoms with Crippen molar-refractivity contribution in [2.75, 3.05) is 19.5 Å². The number of carbonyl (C=O) groups excluding carboxylic acids is 5. The molecule has 2 aliphatic rings. The molecule has 1 aliphatic carbocycles. The van der Waals surface area contributed by atoms with Crippen LogP contribution in [0.25, 0.3) is 0 Å². The van der Waals surface area contributed by atoms with Gasteiger partial charge in [0.2, 0.25) is 5.91 Å². The number of rotatable bonds is 4. The van der Waals surface area contributed by atoms with E-state index in [1.807, 2.05) is 0 Å². The van der Waals surface area contributed by atoms with E-state index in [-0.39, 0.29) is 34.5 Å². The van der Waals surface area contributed by atoms with Crippen LogP contribution >= 0.6 is 0 Å². The van der Waals surface area contributed by atoms with Gasteiger partial charge in [-0.3, -0.25) is 14.9 Å². The standard InChI is InChI=1S/C19H21N3O7/c1-28-15(24)11-7-12(16(25)29-2)9-13(8-11)20-14(23)10-3-5-19(6-4-10)17(26)21-18(27)22-19/h7-10H,3-6H2,1-2H3,(H,20,23)(H2,21,22,26,27). The van der Waals surface area contributed by atoms with Crippen LogP contribution in [0.15, 0.2) is 18.2 Å². The van der Waals surface area contributed by atoms with Gasteiger partial charge in [0.1, 0.15) is 5.54 Å². The Labute approximate surface area is 166 Å². The minimum atomic E-state index is -0.948. The minimum absolute atomic E-state index is 0.0960. The van der Waals surface area contributed by atoms with Crippen LogP contribution in [0.3, 0.4) is 0 Å². The highest BCUT2D eigenvalue weighted by Gasteiger charge is 2.48. The average Bonchev–Trinajstić information content (AvgIpc) is 2.99. The molecule has 1 saturated heterocycles. The molecule has 0 unspecified atom stereocenters. The van der Waals surface area contributed by atoms with Crippen LogP contribution in [0.5, 0.6) is 0 Å². The maximum atomic E-state index is 12.7. The zero-order valence-corrected chi connectivity index (χ0v) is 16.0. The fraction of sp³-hybridized carbons (Fsp3) is 0.421. The number of methoxy groups -OCH3 is 2. The van der Waals surface area contributed by atoms with E-state index in [1.165, 1.54) is 32.4 Å². The lowest BCUT2D eigenvalue weighted by Crippen LogP contribution is -2.50. The summed E-state index contributed by atoms with van der Waals surface area (Å²) in [6.07, 6.45) is 1.50. The highest BCUT2D eigenvalue weighted by molar-refractivity contribution is 6.07. The van der Waals surface area contributed by atoms with Crippen LogP contribution in [0.1, 0.15) is 46.4 Å². The lowest BCUT2D eigenvalue weighted by atomic mass is 9.76. The highest BCUT2D eigenvalue weighted by atomic mass is 16.5. The van der Waals surface area contributed by atoms with Crippen LogP contribution in [0, 0.1) is 5.92 Å². The Morgan fingerprint density at radius 3 is 2.00 bits per heavy atom. The Kier molecular flexibility index (Phi) is 5.53. The number of ether oxygens (including phenoxy) is 2. The summed E-state index contributed by atoms with van der Waals surface area (Å²) in [5.74, 6) is -2.37. The first-order valence-electron chi connectivity index (χ1n) is 9.04. The normalized spacial score (nSPS) is 23.2. The number of hydrogen-bond donors (Lipinski definition) is 3. The Morgan fingerprint density at radius 1 is 1.00 bits per heavy atom. The monoisotopic (exact) mass is 403 g/mol. The fourth-order valence-corrected chi connectivity index (χ4v) is 3.67. The van der Waals surface area contributed by atoms with Crippen LogP contribution in [0.4, 0.5) is 10.5 Å². The summed E-state index contributed by atoms with van der Waals surface area (Å²) >= 11 is 0. The molecule has 154 valence electrons. The summed E-state index contributed by atoms with van der Waals surface area (Å²) in [6, 6.07) is 3.61. The Bertz CT molecular complexity index is 854. The number of nitrogens with one attached hydrogen (secondary N) is 3. The Hall–Kier alpha value is -3.43. The third kappa shape index (κ3) is 4.05. The molecule has 10 heteroatoms. The second-order valence-electron chi connectivity index (χ2n) is 7.04. The van der Waals surface area contributed by atoms with Gasteiger partial charge in [0.15, 0.2) is 0 Å². The number of amides is 4. The van der Waals surface area contributed by atoms with Crippen molar-refractivity contribution in [2.45, 2.75) is 31.2 Å². The van der Waals surface area contributed by atoms with E-state index in [0.717, 1.165) is 0 Å². The first kappa shape index (κ1) is 20.3. The number of esters is 2. The number of hydrogen-bond acceptors (Lipinski definition) is 7. The largest absolute Gasteiger partial charge is 0.465 e. The number of carbonyl (C=O) groups is 5. The van der Waals surface area contributed by atoms with Crippen molar-refractivity contribution in [1.82, 2.24) is 10.6 Å². The second-order valence-corrected chi connectivity index (χ2v) is 7.04. The summed E-state index contributed by atoms with van der Waals surface area (Å²) in [5.41, 5.74) is -0.501. The predicted octanol–water partition coefficient (Wildman–Crippen LogP) is 0.967. The molecule has 3 rings (SSSR count). The molecule has 1 aliphatic heterocycles. The molecule has 1 aromatic rings. The summed E-state index contributed by atoms with van der Waals surface area (Å²) in [6.45, 7) is 0. The number of benzene rings is 1. The van der Waals surface area contributed by atoms with Gasteiger partial charge < -0.3 is 20.1 Å². The van der Waals surface area contributed by atoms with Crippen LogP contribution < -0.4 is 16.0 Å². The molecule has 0 atom stereocenters. The van der Waals surface area contributed by atoms with Crippen LogP contribution in [-0.4, -0.2) is 49.5 Å². The summed E-state index contributed by atoms with van der Waals surface area (Å²) in [4.78, 5) is 59.8. The number of urea groups is 1. The molecule has 3 N–H and O–H groups in total. The van der Waals surface area contributed by atoms with Gasteiger partial charge in [0.25, 0.3) is 5.91 Å². The van der Waals surface area contributed by atoms with E-state index in [4.69, 9.17) is 0 Å². The van der Waals surface area contributed by atoms with Gasteiger partial charge in [-0.1, -0.05) is 0 Å². The van der Waals surface area contributed by atoms with E-state index >= 15 is 0 Å². The topological polar surface area (TPSA) is 140 Å². The van der Waals surface area contributed by atoms with Crippen molar-refractivity contribution >= 4 is 35.5 Å². The van der Waals surface area contributed by atoms with E-state index in [2.05, 4.69) is 25.4 Å². The first-order valence-corrected chi connectivity index (χ1v) is 9.04. The molecule has 1 saturated carbocycles. The van der Waals surface area contributed by atoms with E-state index < -0.39 is 23.5 Å². The zero-order valence-electron chi connectivity index (χ0n) is 16.0. The fourth-order valence-electron chi connectivity index (χ4n) is 3.67. The quantitative estimate of drug-likeness (QED) is 0.502. The van der Waals surface area contributed by atoms with E-state index in [0.29, 0.717) is 25.7 Å². The van der Waals surface area contributed by atoms with E-state index in [9.17, 15) is 24.0 Å². The Balaban J connectivity index is 1.72. The maximum absolute atomic E-state index is 12.7. The summed E-state index contributed by atoms with van der Waals surface area (Å²) in [7, 11) is 2.42. The summed E-state index contributed by atoms with van der Waals surface area (Å²) in [5, 5.41) is 7.58. The van der Waals surface area contributed by atoms with Crippen molar-refractivity contribution in [1.29, 1.82) is 0 Å². The lowest BCUT2D eigenvalue weighted by molar-refractivity contribution is -0.128. The lowest BCUT2D eigenvalue weighted by Gasteiger charge is -2.33. The molecule has 10 nitrogen and oxygen atoms in total. The first-order chi connectivity index (χ1) is 13.8. The molecular formula is C19H21N3O7. The van der Waals surface area contributed by atoms with Gasteiger partial charge in [-0.15, -0.1) is 0 Å². The second kappa shape index (κ2) is 7.90. The van der Waals surface area contributed by atoms with Crippen LogP contribution in [-0.2, 0) is 19.1 Å². The van der Waals surface area contributed by atoms with E-state index in [1.54, 1.807) is 0 Å². The van der Waals surface area contributed by atoms with Gasteiger partial charge in [0, 0.05) is 11.6 Å². The van der Waals surface area contributed by atoms with Gasteiger partial charge in [0.05, 0.1) is 25.3 Å². The molecule has 1 aromatic carbocycles. The molecule has 1 heterocycles. The number of imide groups is 1. The zero-order chi connectivity index (χ0) is 21.2. The smallest absolute Gasteiger partial charge is 0.337 e. The third-order valence-electron chi connectivity index (χ3n) is 5.27. The Morgan fingerprint density at radius 2 is 1.55 bits per heavy atom. The van der Waals surface area contributed by atoms with Crippen molar-refractivity contribution in [3.63, 3.8) is 0 Å². The van der Waals surface area contributed by atoms with Crippen molar-refractivity contribution in [2.24, 2.45) is 5.92 Å². The number of anilines is 1. The van der Waals surface area contributed by atoms with Crippen molar-refractivity contribution < 1.29 is 33.4 Å². The van der Waals surface area contributed by atoms with Crippen LogP contribution in [0.2, 0.25) is 0 Å². The van der Waals surface area contributed by atoms with Gasteiger partial charge >= 0.3 is 18.0 Å². The molecule has 2 fully saturated rings. The van der Waals surface area contributed by atoms with Gasteiger partial charge in [-0.05, 0) is 43.9 Å². The predicted molar refractivity (Wildman–Crippen MR) is 99.1 cm³/mol. The highest BCUT2D eigenvalue weighted by Crippen LogP contribution is 2.34. The van der Waals surface area contributed by atoms with Gasteiger partial charge in [-0.25, -0.2) is 14.4 Å². The third-order valence-corrected chi connectivity index (χ3v) is 5.27. The average molecular weight is 403 g/mol. The molecule has 0 aromatic heterocycles. The molecular weight excluding hydrogens is 382 g/mol.